The van der Waals surface area contributed by atoms with Crippen LogP contribution < -0.4 is 9.80 Å². The molecule has 3 unspecified atom stereocenters. The minimum absolute atomic E-state index is 0.0922. The van der Waals surface area contributed by atoms with Crippen LogP contribution >= 0.6 is 0 Å². The summed E-state index contributed by atoms with van der Waals surface area (Å²) in [6, 6.07) is 20.8. The summed E-state index contributed by atoms with van der Waals surface area (Å²) in [6.07, 6.45) is 2.92. The molecule has 4 rings (SSSR count). The maximum absolute atomic E-state index is 13.5. The largest absolute Gasteiger partial charge is 0.459 e. The first-order valence-corrected chi connectivity index (χ1v) is 10.9. The van der Waals surface area contributed by atoms with Gasteiger partial charge in [0, 0.05) is 23.3 Å². The first kappa shape index (κ1) is 20.9. The third-order valence-electron chi connectivity index (χ3n) is 6.13. The van der Waals surface area contributed by atoms with Gasteiger partial charge in [0.25, 0.3) is 5.91 Å². The Morgan fingerprint density at radius 2 is 1.77 bits per heavy atom. The molecule has 1 aliphatic rings. The second-order valence-electron chi connectivity index (χ2n) is 8.16. The molecule has 5 heteroatoms. The average Bonchev–Trinajstić information content (AvgIpc) is 3.34. The van der Waals surface area contributed by atoms with Crippen LogP contribution in [0.2, 0.25) is 0 Å². The Bertz CT molecular complexity index is 1050. The van der Waals surface area contributed by atoms with Gasteiger partial charge in [-0.05, 0) is 55.7 Å². The zero-order valence-corrected chi connectivity index (χ0v) is 18.2. The van der Waals surface area contributed by atoms with Crippen LogP contribution in [0.3, 0.4) is 0 Å². The number of rotatable bonds is 5. The Morgan fingerprint density at radius 1 is 1.06 bits per heavy atom. The van der Waals surface area contributed by atoms with Gasteiger partial charge in [-0.15, -0.1) is 0 Å². The van der Waals surface area contributed by atoms with Crippen LogP contribution in [-0.4, -0.2) is 17.9 Å². The molecule has 1 aromatic heterocycles. The lowest BCUT2D eigenvalue weighted by atomic mass is 9.89. The molecule has 0 fully saturated rings. The number of carbonyl (C=O) groups is 2. The summed E-state index contributed by atoms with van der Waals surface area (Å²) < 4.78 is 5.38. The van der Waals surface area contributed by atoms with Crippen molar-refractivity contribution in [2.45, 2.75) is 45.7 Å². The summed E-state index contributed by atoms with van der Waals surface area (Å²) in [5.41, 5.74) is 2.68. The van der Waals surface area contributed by atoms with E-state index in [1.807, 2.05) is 80.3 Å². The summed E-state index contributed by atoms with van der Waals surface area (Å²) in [5.74, 6) is 0.163. The number of amides is 2. The Balaban J connectivity index is 1.81. The Morgan fingerprint density at radius 3 is 2.45 bits per heavy atom. The lowest BCUT2D eigenvalue weighted by Crippen LogP contribution is -2.48. The summed E-state index contributed by atoms with van der Waals surface area (Å²) in [4.78, 5) is 30.5. The summed E-state index contributed by atoms with van der Waals surface area (Å²) in [6.45, 7) is 6.04. The van der Waals surface area contributed by atoms with E-state index in [-0.39, 0.29) is 29.8 Å². The van der Waals surface area contributed by atoms with Crippen molar-refractivity contribution >= 4 is 23.2 Å². The molecule has 0 spiro atoms. The lowest BCUT2D eigenvalue weighted by Gasteiger charge is -2.44. The quantitative estimate of drug-likeness (QED) is 0.525. The minimum atomic E-state index is -0.164. The van der Waals surface area contributed by atoms with Gasteiger partial charge in [-0.25, -0.2) is 0 Å². The van der Waals surface area contributed by atoms with Gasteiger partial charge in [-0.1, -0.05) is 50.2 Å². The third kappa shape index (κ3) is 3.88. The van der Waals surface area contributed by atoms with Gasteiger partial charge >= 0.3 is 0 Å². The predicted molar refractivity (Wildman–Crippen MR) is 122 cm³/mol. The van der Waals surface area contributed by atoms with Crippen LogP contribution in [0.15, 0.2) is 77.4 Å². The van der Waals surface area contributed by atoms with Crippen molar-refractivity contribution < 1.29 is 14.0 Å². The van der Waals surface area contributed by atoms with Gasteiger partial charge in [-0.3, -0.25) is 9.59 Å². The maximum Gasteiger partial charge on any atom is 0.294 e. The van der Waals surface area contributed by atoms with E-state index >= 15 is 0 Å². The van der Waals surface area contributed by atoms with Gasteiger partial charge in [0.2, 0.25) is 5.91 Å². The second kappa shape index (κ2) is 8.80. The summed E-state index contributed by atoms with van der Waals surface area (Å²) in [5, 5.41) is 0. The molecule has 0 aliphatic carbocycles. The van der Waals surface area contributed by atoms with Crippen molar-refractivity contribution in [3.63, 3.8) is 0 Å². The number of furan rings is 1. The highest BCUT2D eigenvalue weighted by atomic mass is 16.3. The lowest BCUT2D eigenvalue weighted by molar-refractivity contribution is -0.122. The molecule has 1 aliphatic heterocycles. The number of carbonyl (C=O) groups excluding carboxylic acids is 2. The van der Waals surface area contributed by atoms with Crippen LogP contribution in [0.25, 0.3) is 0 Å². The Kier molecular flexibility index (Phi) is 5.94. The first-order chi connectivity index (χ1) is 15.0. The fraction of sp³-hybridized carbons (Fsp3) is 0.308. The zero-order valence-electron chi connectivity index (χ0n) is 18.2. The van der Waals surface area contributed by atoms with Crippen molar-refractivity contribution in [2.24, 2.45) is 5.92 Å². The number of hydrogen-bond acceptors (Lipinski definition) is 3. The summed E-state index contributed by atoms with van der Waals surface area (Å²) >= 11 is 0. The van der Waals surface area contributed by atoms with Gasteiger partial charge < -0.3 is 14.2 Å². The molecular formula is C26H28N2O3. The van der Waals surface area contributed by atoms with Crippen molar-refractivity contribution in [1.29, 1.82) is 0 Å². The molecule has 3 aromatic rings. The predicted octanol–water partition coefficient (Wildman–Crippen LogP) is 5.84. The molecule has 31 heavy (non-hydrogen) atoms. The van der Waals surface area contributed by atoms with Crippen LogP contribution in [0.5, 0.6) is 0 Å². The fourth-order valence-electron chi connectivity index (χ4n) is 4.32. The van der Waals surface area contributed by atoms with Crippen molar-refractivity contribution in [2.75, 3.05) is 9.80 Å². The van der Waals surface area contributed by atoms with Crippen LogP contribution in [0.1, 0.15) is 55.8 Å². The molecule has 3 atom stereocenters. The highest BCUT2D eigenvalue weighted by molar-refractivity contribution is 6.06. The van der Waals surface area contributed by atoms with E-state index < -0.39 is 0 Å². The van der Waals surface area contributed by atoms with E-state index in [0.717, 1.165) is 23.4 Å². The molecule has 2 aromatic carbocycles. The molecule has 2 amide bonds. The van der Waals surface area contributed by atoms with Gasteiger partial charge in [0.1, 0.15) is 0 Å². The van der Waals surface area contributed by atoms with E-state index in [4.69, 9.17) is 4.42 Å². The number of fused-ring (bicyclic) bond motifs is 1. The van der Waals surface area contributed by atoms with Gasteiger partial charge in [0.05, 0.1) is 12.3 Å². The van der Waals surface area contributed by atoms with E-state index in [1.54, 1.807) is 17.0 Å². The Labute approximate surface area is 183 Å². The topological polar surface area (TPSA) is 53.8 Å². The number of nitrogens with zero attached hydrogens (tertiary/aromatic N) is 2. The smallest absolute Gasteiger partial charge is 0.294 e. The third-order valence-corrected chi connectivity index (χ3v) is 6.13. The van der Waals surface area contributed by atoms with E-state index in [9.17, 15) is 9.59 Å². The van der Waals surface area contributed by atoms with Crippen LogP contribution in [0.4, 0.5) is 11.4 Å². The van der Waals surface area contributed by atoms with Crippen LogP contribution in [-0.2, 0) is 4.79 Å². The first-order valence-electron chi connectivity index (χ1n) is 10.9. The molecular weight excluding hydrogens is 388 g/mol. The molecule has 0 N–H and O–H groups in total. The number of para-hydroxylation sites is 2. The molecule has 5 nitrogen and oxygen atoms in total. The second-order valence-corrected chi connectivity index (χ2v) is 8.16. The normalized spacial score (nSPS) is 18.9. The Hall–Kier alpha value is -3.34. The number of benzene rings is 2. The number of hydrogen-bond donors (Lipinski definition) is 0. The molecule has 0 bridgehead atoms. The van der Waals surface area contributed by atoms with Gasteiger partial charge in [-0.2, -0.15) is 0 Å². The SMILES string of the molecule is CCC(C)C(=O)N(c1ccccc1)C1CC(C)N(C(=O)c2ccco2)c2ccccc21. The van der Waals surface area contributed by atoms with Gasteiger partial charge in [0.15, 0.2) is 5.76 Å². The van der Waals surface area contributed by atoms with Crippen molar-refractivity contribution in [3.05, 3.63) is 84.3 Å². The van der Waals surface area contributed by atoms with E-state index in [0.29, 0.717) is 12.2 Å². The monoisotopic (exact) mass is 416 g/mol. The fourth-order valence-corrected chi connectivity index (χ4v) is 4.32. The van der Waals surface area contributed by atoms with Crippen molar-refractivity contribution in [3.8, 4) is 0 Å². The maximum atomic E-state index is 13.5. The molecule has 160 valence electrons. The van der Waals surface area contributed by atoms with Crippen LogP contribution in [0, 0.1) is 5.92 Å². The minimum Gasteiger partial charge on any atom is -0.459 e. The highest BCUT2D eigenvalue weighted by Crippen LogP contribution is 2.43. The van der Waals surface area contributed by atoms with Crippen molar-refractivity contribution in [1.82, 2.24) is 0 Å². The zero-order chi connectivity index (χ0) is 22.0. The summed E-state index contributed by atoms with van der Waals surface area (Å²) in [7, 11) is 0. The van der Waals surface area contributed by atoms with E-state index in [2.05, 4.69) is 0 Å². The van der Waals surface area contributed by atoms with E-state index in [1.165, 1.54) is 6.26 Å². The standard InChI is InChI=1S/C26H28N2O3/c1-4-18(2)25(29)28(20-11-6-5-7-12-20)23-17-19(3)27(22-14-9-8-13-21(22)23)26(30)24-15-10-16-31-24/h5-16,18-19,23H,4,17H2,1-3H3. The molecule has 2 heterocycles. The molecule has 0 saturated carbocycles. The highest BCUT2D eigenvalue weighted by Gasteiger charge is 2.39. The number of anilines is 2. The molecule has 0 radical (unpaired) electrons. The molecule has 0 saturated heterocycles. The average molecular weight is 417 g/mol.